The smallest absolute Gasteiger partial charge is 0.328 e. The van der Waals surface area contributed by atoms with Crippen molar-refractivity contribution in [3.05, 3.63) is 60.2 Å². The van der Waals surface area contributed by atoms with Gasteiger partial charge in [0.1, 0.15) is 0 Å². The average Bonchev–Trinajstić information content (AvgIpc) is 2.88. The molecule has 10 heteroatoms. The number of carbonyl (C=O) groups is 3. The van der Waals surface area contributed by atoms with Crippen LogP contribution in [0.15, 0.2) is 64.4 Å². The molecule has 0 radical (unpaired) electrons. The molecule has 0 aliphatic carbocycles. The Morgan fingerprint density at radius 2 is 1.43 bits per heavy atom. The van der Waals surface area contributed by atoms with Gasteiger partial charge in [0.05, 0.1) is 18.0 Å². The van der Waals surface area contributed by atoms with E-state index in [1.165, 1.54) is 15.5 Å². The van der Waals surface area contributed by atoms with Gasteiger partial charge in [0, 0.05) is 66.8 Å². The monoisotopic (exact) mass is 527 g/mol. The number of ketones is 1. The molecule has 0 atom stereocenters. The van der Waals surface area contributed by atoms with E-state index in [1.54, 1.807) is 18.7 Å². The zero-order chi connectivity index (χ0) is 26.8. The Bertz CT molecular complexity index is 1110. The number of nitrogens with zero attached hydrogens (tertiary/aromatic N) is 3. The predicted molar refractivity (Wildman–Crippen MR) is 143 cm³/mol. The first-order valence-electron chi connectivity index (χ1n) is 12.2. The summed E-state index contributed by atoms with van der Waals surface area (Å²) in [6, 6.07) is 14.6. The number of β-amino-alcohol motifs (C(OH)–C–C–N with tert-alkyl or cyclic N) is 1. The summed E-state index contributed by atoms with van der Waals surface area (Å²) in [6.07, 6.45) is 2.19. The number of carboxylic acids is 2. The maximum atomic E-state index is 11.9. The summed E-state index contributed by atoms with van der Waals surface area (Å²) in [5.74, 6) is -2.41. The highest BCUT2D eigenvalue weighted by molar-refractivity contribution is 7.99. The van der Waals surface area contributed by atoms with Gasteiger partial charge >= 0.3 is 11.9 Å². The highest BCUT2D eigenvalue weighted by Gasteiger charge is 2.24. The summed E-state index contributed by atoms with van der Waals surface area (Å²) in [6.45, 7) is 8.87. The quantitative estimate of drug-likeness (QED) is 0.331. The first-order valence-corrected chi connectivity index (χ1v) is 13.0. The van der Waals surface area contributed by atoms with Gasteiger partial charge < -0.3 is 25.1 Å². The standard InChI is InChI=1S/C23H29N3O2S.C4H4O4/c1-18(28)19-7-8-23-21(17-19)26(20-5-2-3-6-22(20)29-23)10-4-9-24-11-13-25(14-12-24)15-16-27;5-3(6)1-2-4(7)8/h2-3,5-8,17,27H,4,9-16H2,1H3;1-2H,(H,5,6)(H,7,8)/b;2-1-. The number of piperazine rings is 1. The third-order valence-corrected chi connectivity index (χ3v) is 7.27. The molecule has 2 aromatic rings. The lowest BCUT2D eigenvalue weighted by atomic mass is 10.1. The van der Waals surface area contributed by atoms with Gasteiger partial charge in [-0.05, 0) is 44.2 Å². The fourth-order valence-corrected chi connectivity index (χ4v) is 5.34. The summed E-state index contributed by atoms with van der Waals surface area (Å²) in [4.78, 5) is 40.7. The summed E-state index contributed by atoms with van der Waals surface area (Å²) in [5.41, 5.74) is 3.15. The van der Waals surface area contributed by atoms with Crippen LogP contribution >= 0.6 is 11.8 Å². The van der Waals surface area contributed by atoms with Gasteiger partial charge in [-0.2, -0.15) is 0 Å². The molecule has 1 fully saturated rings. The van der Waals surface area contributed by atoms with Crippen LogP contribution in [0.25, 0.3) is 0 Å². The van der Waals surface area contributed by atoms with Crippen molar-refractivity contribution in [2.45, 2.75) is 23.1 Å². The van der Waals surface area contributed by atoms with Crippen molar-refractivity contribution >= 4 is 40.9 Å². The number of fused-ring (bicyclic) bond motifs is 2. The van der Waals surface area contributed by atoms with Gasteiger partial charge in [0.2, 0.25) is 0 Å². The normalized spacial score (nSPS) is 15.5. The molecule has 3 N–H and O–H groups in total. The molecule has 0 unspecified atom stereocenters. The summed E-state index contributed by atoms with van der Waals surface area (Å²) in [7, 11) is 0. The molecular weight excluding hydrogens is 494 g/mol. The van der Waals surface area contributed by atoms with E-state index in [-0.39, 0.29) is 12.4 Å². The van der Waals surface area contributed by atoms with Crippen molar-refractivity contribution < 1.29 is 29.7 Å². The van der Waals surface area contributed by atoms with Crippen molar-refractivity contribution in [1.82, 2.24) is 9.80 Å². The first kappa shape index (κ1) is 28.4. The largest absolute Gasteiger partial charge is 0.478 e. The van der Waals surface area contributed by atoms with Crippen LogP contribution in [0.1, 0.15) is 23.7 Å². The second-order valence-electron chi connectivity index (χ2n) is 8.73. The molecule has 0 saturated carbocycles. The van der Waals surface area contributed by atoms with Gasteiger partial charge in [0.15, 0.2) is 5.78 Å². The molecule has 0 bridgehead atoms. The number of Topliss-reactive ketones (excluding diaryl/α,β-unsaturated/α-hetero) is 1. The van der Waals surface area contributed by atoms with E-state index in [2.05, 4.69) is 45.0 Å². The molecular formula is C27H33N3O6S. The Morgan fingerprint density at radius 3 is 2.03 bits per heavy atom. The summed E-state index contributed by atoms with van der Waals surface area (Å²) < 4.78 is 0. The van der Waals surface area contributed by atoms with E-state index >= 15 is 0 Å². The molecule has 4 rings (SSSR count). The Morgan fingerprint density at radius 1 is 0.838 bits per heavy atom. The van der Waals surface area contributed by atoms with E-state index in [1.807, 2.05) is 12.1 Å². The highest BCUT2D eigenvalue weighted by atomic mass is 32.2. The fraction of sp³-hybridized carbons (Fsp3) is 0.370. The van der Waals surface area contributed by atoms with E-state index in [4.69, 9.17) is 15.3 Å². The van der Waals surface area contributed by atoms with Gasteiger partial charge in [-0.3, -0.25) is 9.69 Å². The van der Waals surface area contributed by atoms with Crippen LogP contribution in [-0.2, 0) is 9.59 Å². The van der Waals surface area contributed by atoms with Gasteiger partial charge in [-0.1, -0.05) is 30.0 Å². The fourth-order valence-electron chi connectivity index (χ4n) is 4.26. The van der Waals surface area contributed by atoms with Crippen molar-refractivity contribution in [2.75, 3.05) is 57.3 Å². The lowest BCUT2D eigenvalue weighted by molar-refractivity contribution is -0.134. The number of carbonyl (C=O) groups excluding carboxylic acids is 1. The number of carboxylic acid groups (broad SMARTS) is 2. The topological polar surface area (TPSA) is 122 Å². The zero-order valence-corrected chi connectivity index (χ0v) is 21.7. The van der Waals surface area contributed by atoms with Crippen LogP contribution in [0.4, 0.5) is 11.4 Å². The summed E-state index contributed by atoms with van der Waals surface area (Å²) in [5, 5.41) is 24.7. The first-order chi connectivity index (χ1) is 17.8. The second-order valence-corrected chi connectivity index (χ2v) is 9.81. The Balaban J connectivity index is 0.000000414. The SMILES string of the molecule is CC(=O)c1ccc2c(c1)N(CCCN1CCN(CCO)CC1)c1ccccc1S2.O=C(O)/C=C\C(=O)O. The number of rotatable bonds is 9. The van der Waals surface area contributed by atoms with E-state index in [9.17, 15) is 14.4 Å². The molecule has 2 aliphatic rings. The number of aliphatic hydroxyl groups excluding tert-OH is 1. The number of aliphatic hydroxyl groups is 1. The van der Waals surface area contributed by atoms with E-state index in [0.717, 1.165) is 63.5 Å². The average molecular weight is 528 g/mol. The maximum Gasteiger partial charge on any atom is 0.328 e. The van der Waals surface area contributed by atoms with Crippen LogP contribution in [0.2, 0.25) is 0 Å². The second kappa shape index (κ2) is 13.9. The maximum absolute atomic E-state index is 11.9. The third kappa shape index (κ3) is 8.43. The van der Waals surface area contributed by atoms with Gasteiger partial charge in [0.25, 0.3) is 0 Å². The van der Waals surface area contributed by atoms with Crippen molar-refractivity contribution in [3.63, 3.8) is 0 Å². The summed E-state index contributed by atoms with van der Waals surface area (Å²) >= 11 is 1.78. The minimum Gasteiger partial charge on any atom is -0.478 e. The van der Waals surface area contributed by atoms with E-state index in [0.29, 0.717) is 12.2 Å². The van der Waals surface area contributed by atoms with E-state index < -0.39 is 11.9 Å². The Hall–Kier alpha value is -3.18. The van der Waals surface area contributed by atoms with Gasteiger partial charge in [-0.25, -0.2) is 9.59 Å². The number of anilines is 2. The molecule has 2 heterocycles. The van der Waals surface area contributed by atoms with Crippen molar-refractivity contribution in [2.24, 2.45) is 0 Å². The predicted octanol–water partition coefficient (Wildman–Crippen LogP) is 3.20. The molecule has 2 aliphatic heterocycles. The number of aliphatic carboxylic acids is 2. The lowest BCUT2D eigenvalue weighted by Gasteiger charge is -2.36. The zero-order valence-electron chi connectivity index (χ0n) is 20.9. The third-order valence-electron chi connectivity index (χ3n) is 6.14. The molecule has 0 amide bonds. The van der Waals surface area contributed by atoms with Gasteiger partial charge in [-0.15, -0.1) is 0 Å². The van der Waals surface area contributed by atoms with Crippen LogP contribution in [-0.4, -0.2) is 95.3 Å². The van der Waals surface area contributed by atoms with Crippen LogP contribution < -0.4 is 4.90 Å². The van der Waals surface area contributed by atoms with Crippen molar-refractivity contribution in [3.8, 4) is 0 Å². The number of benzene rings is 2. The Labute approximate surface area is 221 Å². The van der Waals surface area contributed by atoms with Crippen LogP contribution in [0, 0.1) is 0 Å². The van der Waals surface area contributed by atoms with Crippen LogP contribution in [0.5, 0.6) is 0 Å². The van der Waals surface area contributed by atoms with Crippen LogP contribution in [0.3, 0.4) is 0 Å². The molecule has 0 spiro atoms. The lowest BCUT2D eigenvalue weighted by Crippen LogP contribution is -2.47. The molecule has 9 nitrogen and oxygen atoms in total. The minimum absolute atomic E-state index is 0.109. The molecule has 37 heavy (non-hydrogen) atoms. The molecule has 0 aromatic heterocycles. The Kier molecular flexibility index (Phi) is 10.7. The molecule has 2 aromatic carbocycles. The highest BCUT2D eigenvalue weighted by Crippen LogP contribution is 2.48. The molecule has 1 saturated heterocycles. The number of hydrogen-bond acceptors (Lipinski definition) is 8. The number of para-hydroxylation sites is 1. The molecule has 198 valence electrons. The minimum atomic E-state index is -1.26. The van der Waals surface area contributed by atoms with Crippen molar-refractivity contribution in [1.29, 1.82) is 0 Å². The number of hydrogen-bond donors (Lipinski definition) is 3.